The molecule has 6 rings (SSSR count). The summed E-state index contributed by atoms with van der Waals surface area (Å²) in [5, 5.41) is 18.4. The topological polar surface area (TPSA) is 123 Å². The summed E-state index contributed by atoms with van der Waals surface area (Å²) in [5.41, 5.74) is 2.49. The van der Waals surface area contributed by atoms with E-state index < -0.39 is 18.5 Å². The molecular formula is C28H24F2N8O2S. The fourth-order valence-corrected chi connectivity index (χ4v) is 5.49. The minimum atomic E-state index is -2.85. The molecule has 0 spiro atoms. The van der Waals surface area contributed by atoms with Gasteiger partial charge in [-0.05, 0) is 43.5 Å². The van der Waals surface area contributed by atoms with Gasteiger partial charge in [-0.15, -0.1) is 11.3 Å². The number of halogens is 2. The number of hydrogen-bond donors (Lipinski definition) is 2. The molecule has 1 unspecified atom stereocenters. The largest absolute Gasteiger partial charge is 0.494 e. The molecule has 0 bridgehead atoms. The number of alkyl halides is 2. The fraction of sp³-hybridized carbons (Fsp3) is 0.250. The van der Waals surface area contributed by atoms with Crippen molar-refractivity contribution in [2.24, 2.45) is 0 Å². The number of aromatic nitrogens is 5. The van der Waals surface area contributed by atoms with Crippen LogP contribution in [0.2, 0.25) is 0 Å². The highest BCUT2D eigenvalue weighted by atomic mass is 32.1. The molecule has 1 fully saturated rings. The van der Waals surface area contributed by atoms with Crippen molar-refractivity contribution >= 4 is 45.5 Å². The predicted molar refractivity (Wildman–Crippen MR) is 151 cm³/mol. The van der Waals surface area contributed by atoms with Crippen LogP contribution in [0.5, 0.6) is 5.75 Å². The molecule has 2 N–H and O–H groups in total. The van der Waals surface area contributed by atoms with Gasteiger partial charge in [0.15, 0.2) is 17.2 Å². The second-order valence-corrected chi connectivity index (χ2v) is 10.1. The highest BCUT2D eigenvalue weighted by Crippen LogP contribution is 2.41. The lowest BCUT2D eigenvalue weighted by Gasteiger charge is -2.25. The molecule has 0 saturated carbocycles. The number of nitriles is 1. The van der Waals surface area contributed by atoms with Gasteiger partial charge in [0, 0.05) is 24.3 Å². The molecule has 1 aromatic carbocycles. The maximum Gasteiger partial charge on any atom is 0.295 e. The molecule has 41 heavy (non-hydrogen) atoms. The van der Waals surface area contributed by atoms with Crippen LogP contribution in [0.1, 0.15) is 43.4 Å². The van der Waals surface area contributed by atoms with Crippen molar-refractivity contribution in [1.29, 1.82) is 5.26 Å². The summed E-state index contributed by atoms with van der Waals surface area (Å²) >= 11 is 1.47. The molecule has 1 saturated heterocycles. The second-order valence-electron chi connectivity index (χ2n) is 9.18. The molecule has 5 aromatic rings. The monoisotopic (exact) mass is 574 g/mol. The van der Waals surface area contributed by atoms with Gasteiger partial charge in [-0.25, -0.2) is 28.7 Å². The molecule has 13 heteroatoms. The average Bonchev–Trinajstić information content (AvgIpc) is 3.67. The van der Waals surface area contributed by atoms with E-state index in [1.807, 2.05) is 29.6 Å². The Morgan fingerprint density at radius 2 is 1.98 bits per heavy atom. The molecule has 208 valence electrons. The van der Waals surface area contributed by atoms with E-state index in [2.05, 4.69) is 30.6 Å². The number of imidazole rings is 1. The number of anilines is 4. The Morgan fingerprint density at radius 1 is 1.10 bits per heavy atom. The molecule has 5 heterocycles. The number of rotatable bonds is 8. The van der Waals surface area contributed by atoms with Gasteiger partial charge in [0.2, 0.25) is 0 Å². The number of methoxy groups -OCH3 is 1. The van der Waals surface area contributed by atoms with Crippen molar-refractivity contribution < 1.29 is 18.3 Å². The maximum atomic E-state index is 14.4. The number of pyridine rings is 2. The van der Waals surface area contributed by atoms with E-state index in [4.69, 9.17) is 9.47 Å². The van der Waals surface area contributed by atoms with Crippen molar-refractivity contribution in [1.82, 2.24) is 24.5 Å². The number of hydrogen-bond acceptors (Lipinski definition) is 10. The maximum absolute atomic E-state index is 14.4. The van der Waals surface area contributed by atoms with Gasteiger partial charge in [-0.2, -0.15) is 5.26 Å². The number of ether oxygens (including phenoxy) is 2. The second kappa shape index (κ2) is 11.4. The van der Waals surface area contributed by atoms with Gasteiger partial charge in [-0.3, -0.25) is 4.57 Å². The third kappa shape index (κ3) is 5.27. The van der Waals surface area contributed by atoms with Crippen LogP contribution < -0.4 is 15.4 Å². The van der Waals surface area contributed by atoms with Crippen LogP contribution in [0.4, 0.5) is 31.8 Å². The standard InChI is InChI=1S/C28H24F2N8O2S/c1-39-24-17(28-32-11-13-41-28)7-5-8-18(24)34-19-14-21(35-20-9-4-6-16(15-31)33-20)36-26-23(19)37-27(25(29)30)38(26)22-10-2-3-12-40-22/h4-9,11,13-14,22,25H,2-3,10,12H2,1H3,(H2,33,34,35,36). The van der Waals surface area contributed by atoms with Crippen molar-refractivity contribution in [2.75, 3.05) is 24.4 Å². The SMILES string of the molecule is COc1c(Nc2cc(Nc3cccc(C#N)n3)nc3c2nc(C(F)F)n3C2CCCCO2)cccc1-c1nccs1. The molecule has 1 aliphatic heterocycles. The molecule has 10 nitrogen and oxygen atoms in total. The molecule has 1 aliphatic rings. The molecular weight excluding hydrogens is 550 g/mol. The Bertz CT molecular complexity index is 1730. The van der Waals surface area contributed by atoms with Gasteiger partial charge in [-0.1, -0.05) is 12.1 Å². The first kappa shape index (κ1) is 26.5. The van der Waals surface area contributed by atoms with Gasteiger partial charge < -0.3 is 20.1 Å². The third-order valence-corrected chi connectivity index (χ3v) is 7.39. The zero-order valence-electron chi connectivity index (χ0n) is 21.8. The van der Waals surface area contributed by atoms with Crippen LogP contribution in [0.25, 0.3) is 21.7 Å². The zero-order valence-corrected chi connectivity index (χ0v) is 22.7. The molecule has 0 aliphatic carbocycles. The minimum absolute atomic E-state index is 0.221. The van der Waals surface area contributed by atoms with E-state index in [1.54, 1.807) is 37.6 Å². The average molecular weight is 575 g/mol. The highest BCUT2D eigenvalue weighted by molar-refractivity contribution is 7.13. The summed E-state index contributed by atoms with van der Waals surface area (Å²) in [5.74, 6) is 0.803. The Morgan fingerprint density at radius 3 is 2.71 bits per heavy atom. The Kier molecular flexibility index (Phi) is 7.41. The normalized spacial score (nSPS) is 15.1. The smallest absolute Gasteiger partial charge is 0.295 e. The molecule has 0 radical (unpaired) electrons. The van der Waals surface area contributed by atoms with Crippen LogP contribution in [0.15, 0.2) is 54.0 Å². The quantitative estimate of drug-likeness (QED) is 0.203. The fourth-order valence-electron chi connectivity index (χ4n) is 4.83. The number of para-hydroxylation sites is 1. The van der Waals surface area contributed by atoms with Crippen LogP contribution in [-0.4, -0.2) is 38.2 Å². The first-order valence-corrected chi connectivity index (χ1v) is 13.7. The van der Waals surface area contributed by atoms with E-state index in [1.165, 1.54) is 15.9 Å². The lowest BCUT2D eigenvalue weighted by atomic mass is 10.1. The van der Waals surface area contributed by atoms with E-state index in [9.17, 15) is 14.0 Å². The van der Waals surface area contributed by atoms with Gasteiger partial charge in [0.25, 0.3) is 6.43 Å². The van der Waals surface area contributed by atoms with E-state index in [-0.39, 0.29) is 16.9 Å². The molecule has 0 amide bonds. The van der Waals surface area contributed by atoms with Crippen molar-refractivity contribution in [3.8, 4) is 22.4 Å². The summed E-state index contributed by atoms with van der Waals surface area (Å²) in [7, 11) is 1.56. The van der Waals surface area contributed by atoms with E-state index >= 15 is 0 Å². The van der Waals surface area contributed by atoms with E-state index in [0.717, 1.165) is 23.4 Å². The number of thiazole rings is 1. The van der Waals surface area contributed by atoms with Crippen molar-refractivity contribution in [2.45, 2.75) is 31.9 Å². The van der Waals surface area contributed by atoms with Gasteiger partial charge in [0.05, 0.1) is 24.0 Å². The highest BCUT2D eigenvalue weighted by Gasteiger charge is 2.29. The minimum Gasteiger partial charge on any atom is -0.494 e. The predicted octanol–water partition coefficient (Wildman–Crippen LogP) is 6.95. The number of nitrogens with one attached hydrogen (secondary N) is 2. The Balaban J connectivity index is 1.52. The van der Waals surface area contributed by atoms with Gasteiger partial charge in [0.1, 0.15) is 40.2 Å². The number of benzene rings is 1. The van der Waals surface area contributed by atoms with E-state index in [0.29, 0.717) is 41.8 Å². The first-order valence-electron chi connectivity index (χ1n) is 12.9. The molecule has 1 atom stereocenters. The Hall–Kier alpha value is -4.67. The lowest BCUT2D eigenvalue weighted by molar-refractivity contribution is -0.0363. The zero-order chi connectivity index (χ0) is 28.3. The third-order valence-electron chi connectivity index (χ3n) is 6.59. The van der Waals surface area contributed by atoms with Crippen LogP contribution in [-0.2, 0) is 4.74 Å². The lowest BCUT2D eigenvalue weighted by Crippen LogP contribution is -2.20. The first-order chi connectivity index (χ1) is 20.1. The van der Waals surface area contributed by atoms with Crippen LogP contribution in [0, 0.1) is 11.3 Å². The summed E-state index contributed by atoms with van der Waals surface area (Å²) in [6.07, 6.45) is 0.484. The van der Waals surface area contributed by atoms with Crippen LogP contribution >= 0.6 is 11.3 Å². The van der Waals surface area contributed by atoms with Crippen molar-refractivity contribution in [3.05, 3.63) is 65.6 Å². The summed E-state index contributed by atoms with van der Waals surface area (Å²) in [4.78, 5) is 17.7. The summed E-state index contributed by atoms with van der Waals surface area (Å²) in [6, 6.07) is 14.2. The Labute approximate surface area is 237 Å². The molecule has 4 aromatic heterocycles. The summed E-state index contributed by atoms with van der Waals surface area (Å²) in [6.45, 7) is 0.460. The number of nitrogens with zero attached hydrogens (tertiary/aromatic N) is 6. The summed E-state index contributed by atoms with van der Waals surface area (Å²) < 4.78 is 41.8. The number of fused-ring (bicyclic) bond motifs is 1. The van der Waals surface area contributed by atoms with Crippen molar-refractivity contribution in [3.63, 3.8) is 0 Å². The van der Waals surface area contributed by atoms with Gasteiger partial charge >= 0.3 is 0 Å². The van der Waals surface area contributed by atoms with Crippen LogP contribution in [0.3, 0.4) is 0 Å².